The Hall–Kier alpha value is -1.06. The smallest absolute Gasteiger partial charge is 0.118 e. The monoisotopic (exact) mass is 332 g/mol. The van der Waals surface area contributed by atoms with Crippen LogP contribution in [0.2, 0.25) is 0 Å². The molecule has 0 spiro atoms. The summed E-state index contributed by atoms with van der Waals surface area (Å²) in [6.07, 6.45) is 10.9. The third-order valence-electron chi connectivity index (χ3n) is 5.13. The minimum atomic E-state index is 0.499. The van der Waals surface area contributed by atoms with Crippen LogP contribution < -0.4 is 10.1 Å². The Morgan fingerprint density at radius 1 is 1.00 bits per heavy atom. The number of hydrogen-bond donors (Lipinski definition) is 1. The van der Waals surface area contributed by atoms with Gasteiger partial charge >= 0.3 is 0 Å². The highest BCUT2D eigenvalue weighted by Gasteiger charge is 2.23. The van der Waals surface area contributed by atoms with Crippen LogP contribution in [0, 0.1) is 0 Å². The average Bonchev–Trinajstić information content (AvgIpc) is 3.15. The molecule has 1 unspecified atom stereocenters. The maximum absolute atomic E-state index is 5.30. The molecule has 0 aliphatic carbocycles. The molecule has 1 N–H and O–H groups in total. The van der Waals surface area contributed by atoms with Crippen molar-refractivity contribution < 1.29 is 4.74 Å². The van der Waals surface area contributed by atoms with E-state index in [9.17, 15) is 0 Å². The van der Waals surface area contributed by atoms with Crippen LogP contribution in [0.1, 0.15) is 69.9 Å². The SMILES string of the molecule is CCCCCCCCNCC(c1ccc(OC)cc1)N1CCCC1. The largest absolute Gasteiger partial charge is 0.497 e. The summed E-state index contributed by atoms with van der Waals surface area (Å²) >= 11 is 0. The minimum Gasteiger partial charge on any atom is -0.497 e. The summed E-state index contributed by atoms with van der Waals surface area (Å²) in [6, 6.07) is 9.14. The lowest BCUT2D eigenvalue weighted by Gasteiger charge is -2.28. The predicted molar refractivity (Wildman–Crippen MR) is 103 cm³/mol. The van der Waals surface area contributed by atoms with Gasteiger partial charge in [-0.25, -0.2) is 0 Å². The molecule has 3 heteroatoms. The first-order valence-corrected chi connectivity index (χ1v) is 9.94. The van der Waals surface area contributed by atoms with Crippen LogP contribution in [0.5, 0.6) is 5.75 Å². The molecule has 136 valence electrons. The number of rotatable bonds is 12. The third-order valence-corrected chi connectivity index (χ3v) is 5.13. The molecule has 0 amide bonds. The fourth-order valence-electron chi connectivity index (χ4n) is 3.61. The van der Waals surface area contributed by atoms with E-state index in [0.717, 1.165) is 18.8 Å². The quantitative estimate of drug-likeness (QED) is 0.557. The summed E-state index contributed by atoms with van der Waals surface area (Å²) in [7, 11) is 1.73. The first kappa shape index (κ1) is 19.3. The van der Waals surface area contributed by atoms with Gasteiger partial charge in [-0.3, -0.25) is 4.90 Å². The van der Waals surface area contributed by atoms with Gasteiger partial charge in [0.05, 0.1) is 7.11 Å². The van der Waals surface area contributed by atoms with E-state index in [1.54, 1.807) is 7.11 Å². The maximum Gasteiger partial charge on any atom is 0.118 e. The zero-order chi connectivity index (χ0) is 17.0. The first-order chi connectivity index (χ1) is 11.8. The number of benzene rings is 1. The lowest BCUT2D eigenvalue weighted by molar-refractivity contribution is 0.238. The molecule has 0 bridgehead atoms. The van der Waals surface area contributed by atoms with Crippen molar-refractivity contribution in [1.82, 2.24) is 10.2 Å². The topological polar surface area (TPSA) is 24.5 Å². The van der Waals surface area contributed by atoms with Gasteiger partial charge in [0.25, 0.3) is 0 Å². The number of nitrogens with zero attached hydrogens (tertiary/aromatic N) is 1. The second-order valence-electron chi connectivity index (χ2n) is 7.00. The highest BCUT2D eigenvalue weighted by atomic mass is 16.5. The van der Waals surface area contributed by atoms with E-state index in [4.69, 9.17) is 4.74 Å². The molecule has 1 atom stereocenters. The summed E-state index contributed by atoms with van der Waals surface area (Å²) in [5, 5.41) is 3.71. The number of unbranched alkanes of at least 4 members (excludes halogenated alkanes) is 5. The molecule has 3 nitrogen and oxygen atoms in total. The van der Waals surface area contributed by atoms with Gasteiger partial charge in [0.15, 0.2) is 0 Å². The van der Waals surface area contributed by atoms with Crippen molar-refractivity contribution in [3.8, 4) is 5.75 Å². The average molecular weight is 333 g/mol. The molecule has 1 aromatic carbocycles. The molecule has 1 aromatic rings. The molecule has 1 saturated heterocycles. The van der Waals surface area contributed by atoms with Gasteiger partial charge in [-0.2, -0.15) is 0 Å². The summed E-state index contributed by atoms with van der Waals surface area (Å²) in [5.74, 6) is 0.943. The minimum absolute atomic E-state index is 0.499. The number of methoxy groups -OCH3 is 1. The Morgan fingerprint density at radius 3 is 2.33 bits per heavy atom. The van der Waals surface area contributed by atoms with E-state index in [-0.39, 0.29) is 0 Å². The Kier molecular flexibility index (Phi) is 9.22. The molecule has 2 rings (SSSR count). The second-order valence-corrected chi connectivity index (χ2v) is 7.00. The van der Waals surface area contributed by atoms with Gasteiger partial charge in [-0.1, -0.05) is 51.2 Å². The molecule has 1 fully saturated rings. The van der Waals surface area contributed by atoms with E-state index in [1.807, 2.05) is 0 Å². The molecule has 1 heterocycles. The van der Waals surface area contributed by atoms with Gasteiger partial charge < -0.3 is 10.1 Å². The zero-order valence-corrected chi connectivity index (χ0v) is 15.7. The summed E-state index contributed by atoms with van der Waals surface area (Å²) in [6.45, 7) is 6.94. The summed E-state index contributed by atoms with van der Waals surface area (Å²) < 4.78 is 5.30. The summed E-state index contributed by atoms with van der Waals surface area (Å²) in [5.41, 5.74) is 1.41. The molecule has 0 radical (unpaired) electrons. The standard InChI is InChI=1S/C21H36N2O/c1-3-4-5-6-7-8-15-22-18-21(23-16-9-10-17-23)19-11-13-20(24-2)14-12-19/h11-14,21-22H,3-10,15-18H2,1-2H3. The van der Waals surface area contributed by atoms with E-state index in [1.165, 1.54) is 70.0 Å². The van der Waals surface area contributed by atoms with Crippen LogP contribution in [-0.2, 0) is 0 Å². The van der Waals surface area contributed by atoms with Gasteiger partial charge in [0.2, 0.25) is 0 Å². The van der Waals surface area contributed by atoms with Crippen molar-refractivity contribution >= 4 is 0 Å². The van der Waals surface area contributed by atoms with Crippen molar-refractivity contribution in [2.45, 2.75) is 64.3 Å². The molecule has 1 aliphatic rings. The molecular formula is C21H36N2O. The number of nitrogens with one attached hydrogen (secondary N) is 1. The van der Waals surface area contributed by atoms with Crippen molar-refractivity contribution in [3.05, 3.63) is 29.8 Å². The molecular weight excluding hydrogens is 296 g/mol. The summed E-state index contributed by atoms with van der Waals surface area (Å²) in [4.78, 5) is 2.63. The van der Waals surface area contributed by atoms with Crippen LogP contribution in [0.25, 0.3) is 0 Å². The van der Waals surface area contributed by atoms with Crippen molar-refractivity contribution in [2.24, 2.45) is 0 Å². The van der Waals surface area contributed by atoms with Gasteiger partial charge in [-0.05, 0) is 56.6 Å². The van der Waals surface area contributed by atoms with Crippen molar-refractivity contribution in [3.63, 3.8) is 0 Å². The normalized spacial score (nSPS) is 16.4. The predicted octanol–water partition coefficient (Wildman–Crippen LogP) is 4.78. The Balaban J connectivity index is 1.76. The fourth-order valence-corrected chi connectivity index (χ4v) is 3.61. The number of hydrogen-bond acceptors (Lipinski definition) is 3. The van der Waals surface area contributed by atoms with Crippen molar-refractivity contribution in [1.29, 1.82) is 0 Å². The molecule has 0 aromatic heterocycles. The zero-order valence-electron chi connectivity index (χ0n) is 15.7. The van der Waals surface area contributed by atoms with Crippen molar-refractivity contribution in [2.75, 3.05) is 33.3 Å². The van der Waals surface area contributed by atoms with E-state index in [0.29, 0.717) is 6.04 Å². The van der Waals surface area contributed by atoms with Crippen LogP contribution in [0.15, 0.2) is 24.3 Å². The highest BCUT2D eigenvalue weighted by Crippen LogP contribution is 2.26. The number of ether oxygens (including phenoxy) is 1. The fraction of sp³-hybridized carbons (Fsp3) is 0.714. The van der Waals surface area contributed by atoms with Gasteiger partial charge in [-0.15, -0.1) is 0 Å². The van der Waals surface area contributed by atoms with Crippen LogP contribution >= 0.6 is 0 Å². The third kappa shape index (κ3) is 6.45. The van der Waals surface area contributed by atoms with E-state index < -0.39 is 0 Å². The number of likely N-dealkylation sites (tertiary alicyclic amines) is 1. The molecule has 24 heavy (non-hydrogen) atoms. The van der Waals surface area contributed by atoms with E-state index in [2.05, 4.69) is 41.4 Å². The Labute approximate surface area is 148 Å². The van der Waals surface area contributed by atoms with Crippen LogP contribution in [0.3, 0.4) is 0 Å². The highest BCUT2D eigenvalue weighted by molar-refractivity contribution is 5.29. The first-order valence-electron chi connectivity index (χ1n) is 9.94. The molecule has 1 aliphatic heterocycles. The van der Waals surface area contributed by atoms with Crippen LogP contribution in [-0.4, -0.2) is 38.2 Å². The lowest BCUT2D eigenvalue weighted by atomic mass is 10.0. The van der Waals surface area contributed by atoms with E-state index >= 15 is 0 Å². The second kappa shape index (κ2) is 11.5. The maximum atomic E-state index is 5.30. The lowest BCUT2D eigenvalue weighted by Crippen LogP contribution is -2.34. The Morgan fingerprint density at radius 2 is 1.67 bits per heavy atom. The van der Waals surface area contributed by atoms with Gasteiger partial charge in [0, 0.05) is 12.6 Å². The van der Waals surface area contributed by atoms with Crippen LogP contribution in [0.4, 0.5) is 0 Å². The molecule has 0 saturated carbocycles. The Bertz CT molecular complexity index is 426. The van der Waals surface area contributed by atoms with Gasteiger partial charge in [0.1, 0.15) is 5.75 Å².